The summed E-state index contributed by atoms with van der Waals surface area (Å²) in [5.74, 6) is -1.54. The summed E-state index contributed by atoms with van der Waals surface area (Å²) in [6.45, 7) is 2.15. The number of anilines is 3. The topological polar surface area (TPSA) is 116 Å². The number of hydrogen-bond acceptors (Lipinski definition) is 6. The Hall–Kier alpha value is -2.62. The molecule has 1 fully saturated rings. The number of hydrogen-bond donors (Lipinski definition) is 3. The molecule has 1 unspecified atom stereocenters. The van der Waals surface area contributed by atoms with Crippen LogP contribution in [-0.2, 0) is 14.3 Å². The molecule has 11 heteroatoms. The minimum atomic E-state index is -1.01. The molecule has 9 nitrogen and oxygen atoms in total. The molecule has 152 valence electrons. The van der Waals surface area contributed by atoms with Crippen LogP contribution >= 0.6 is 23.2 Å². The predicted molar refractivity (Wildman–Crippen MR) is 109 cm³/mol. The van der Waals surface area contributed by atoms with Gasteiger partial charge in [0.1, 0.15) is 5.82 Å². The van der Waals surface area contributed by atoms with Gasteiger partial charge in [0.15, 0.2) is 0 Å². The SMILES string of the molecule is O=C1CC(C(=O)Nc2cccc(Cl)c2Cl)c2c(nc(N3CCOCC3)[nH]c2=O)N1. The monoisotopic (exact) mass is 437 g/mol. The Morgan fingerprint density at radius 3 is 2.76 bits per heavy atom. The number of nitrogens with one attached hydrogen (secondary N) is 3. The van der Waals surface area contributed by atoms with Crippen molar-refractivity contribution in [2.45, 2.75) is 12.3 Å². The molecule has 2 aliphatic heterocycles. The lowest BCUT2D eigenvalue weighted by molar-refractivity contribution is -0.123. The van der Waals surface area contributed by atoms with Crippen LogP contribution < -0.4 is 21.1 Å². The number of morpholine rings is 1. The summed E-state index contributed by atoms with van der Waals surface area (Å²) in [6.07, 6.45) is -0.182. The number of aromatic nitrogens is 2. The van der Waals surface area contributed by atoms with Crippen LogP contribution in [0.4, 0.5) is 17.5 Å². The maximum absolute atomic E-state index is 12.9. The van der Waals surface area contributed by atoms with Crippen LogP contribution in [0.1, 0.15) is 17.9 Å². The molecule has 29 heavy (non-hydrogen) atoms. The molecular weight excluding hydrogens is 421 g/mol. The first kappa shape index (κ1) is 19.7. The molecule has 3 N–H and O–H groups in total. The van der Waals surface area contributed by atoms with Gasteiger partial charge in [-0.2, -0.15) is 4.98 Å². The van der Waals surface area contributed by atoms with Gasteiger partial charge in [-0.25, -0.2) is 0 Å². The Labute approximate surface area is 175 Å². The zero-order valence-corrected chi connectivity index (χ0v) is 16.6. The van der Waals surface area contributed by atoms with Gasteiger partial charge in [-0.15, -0.1) is 0 Å². The molecule has 1 atom stereocenters. The van der Waals surface area contributed by atoms with E-state index in [-0.39, 0.29) is 27.8 Å². The first-order valence-electron chi connectivity index (χ1n) is 8.95. The van der Waals surface area contributed by atoms with Gasteiger partial charge >= 0.3 is 0 Å². The van der Waals surface area contributed by atoms with Crippen molar-refractivity contribution in [2.24, 2.45) is 0 Å². The van der Waals surface area contributed by atoms with Gasteiger partial charge in [0.25, 0.3) is 5.56 Å². The van der Waals surface area contributed by atoms with E-state index in [9.17, 15) is 14.4 Å². The molecule has 1 aromatic carbocycles. The van der Waals surface area contributed by atoms with Crippen LogP contribution in [0.2, 0.25) is 10.0 Å². The smallest absolute Gasteiger partial charge is 0.258 e. The fourth-order valence-electron chi connectivity index (χ4n) is 3.33. The van der Waals surface area contributed by atoms with Gasteiger partial charge in [0, 0.05) is 19.5 Å². The Morgan fingerprint density at radius 2 is 2.00 bits per heavy atom. The third kappa shape index (κ3) is 3.93. The lowest BCUT2D eigenvalue weighted by Gasteiger charge is -2.29. The van der Waals surface area contributed by atoms with Crippen molar-refractivity contribution in [3.63, 3.8) is 0 Å². The van der Waals surface area contributed by atoms with Gasteiger partial charge in [-0.05, 0) is 12.1 Å². The number of halogens is 2. The van der Waals surface area contributed by atoms with Crippen molar-refractivity contribution in [1.82, 2.24) is 9.97 Å². The summed E-state index contributed by atoms with van der Waals surface area (Å²) in [5, 5.41) is 5.70. The number of H-pyrrole nitrogens is 1. The lowest BCUT2D eigenvalue weighted by Crippen LogP contribution is -2.41. The zero-order valence-electron chi connectivity index (χ0n) is 15.1. The highest BCUT2D eigenvalue weighted by Crippen LogP contribution is 2.33. The van der Waals surface area contributed by atoms with Gasteiger partial charge in [-0.1, -0.05) is 29.3 Å². The Kier molecular flexibility index (Phi) is 5.44. The van der Waals surface area contributed by atoms with Crippen LogP contribution in [0, 0.1) is 0 Å². The Morgan fingerprint density at radius 1 is 1.24 bits per heavy atom. The van der Waals surface area contributed by atoms with Gasteiger partial charge in [0.2, 0.25) is 17.8 Å². The average molecular weight is 438 g/mol. The molecule has 0 bridgehead atoms. The van der Waals surface area contributed by atoms with Crippen molar-refractivity contribution >= 4 is 52.5 Å². The lowest BCUT2D eigenvalue weighted by atomic mass is 9.92. The second-order valence-corrected chi connectivity index (χ2v) is 7.43. The van der Waals surface area contributed by atoms with E-state index in [1.165, 1.54) is 0 Å². The third-order valence-electron chi connectivity index (χ3n) is 4.78. The summed E-state index contributed by atoms with van der Waals surface area (Å²) < 4.78 is 5.30. The molecule has 3 heterocycles. The van der Waals surface area contributed by atoms with Crippen molar-refractivity contribution in [3.05, 3.63) is 44.2 Å². The number of aromatic amines is 1. The standard InChI is InChI=1S/C18H17Cl2N5O4/c19-10-2-1-3-11(14(10)20)21-16(27)9-8-12(26)22-15-13(9)17(28)24-18(23-15)25-4-6-29-7-5-25/h1-3,9H,4-8H2,(H,21,27)(H2,22,23,24,26,28). The largest absolute Gasteiger partial charge is 0.378 e. The first-order valence-corrected chi connectivity index (χ1v) is 9.71. The molecule has 0 saturated carbocycles. The van der Waals surface area contributed by atoms with Crippen molar-refractivity contribution in [3.8, 4) is 0 Å². The molecule has 0 radical (unpaired) electrons. The molecule has 1 saturated heterocycles. The van der Waals surface area contributed by atoms with Crippen LogP contribution in [0.3, 0.4) is 0 Å². The van der Waals surface area contributed by atoms with E-state index in [4.69, 9.17) is 27.9 Å². The molecule has 0 aliphatic carbocycles. The van der Waals surface area contributed by atoms with Gasteiger partial charge < -0.3 is 20.3 Å². The highest BCUT2D eigenvalue weighted by Gasteiger charge is 2.35. The molecule has 2 amide bonds. The second kappa shape index (κ2) is 8.02. The van der Waals surface area contributed by atoms with Gasteiger partial charge in [-0.3, -0.25) is 19.4 Å². The highest BCUT2D eigenvalue weighted by molar-refractivity contribution is 6.44. The molecule has 0 spiro atoms. The van der Waals surface area contributed by atoms with E-state index in [1.54, 1.807) is 18.2 Å². The average Bonchev–Trinajstić information content (AvgIpc) is 2.71. The number of amides is 2. The number of carbonyl (C=O) groups is 2. The third-order valence-corrected chi connectivity index (χ3v) is 5.59. The van der Waals surface area contributed by atoms with Crippen molar-refractivity contribution < 1.29 is 14.3 Å². The quantitative estimate of drug-likeness (QED) is 0.675. The summed E-state index contributed by atoms with van der Waals surface area (Å²) >= 11 is 12.1. The molecule has 2 aliphatic rings. The van der Waals surface area contributed by atoms with Crippen LogP contribution in [0.5, 0.6) is 0 Å². The zero-order chi connectivity index (χ0) is 20.5. The number of fused-ring (bicyclic) bond motifs is 1. The first-order chi connectivity index (χ1) is 13.9. The molecule has 1 aromatic heterocycles. The van der Waals surface area contributed by atoms with E-state index in [0.717, 1.165) is 0 Å². The van der Waals surface area contributed by atoms with Crippen LogP contribution in [0.15, 0.2) is 23.0 Å². The Bertz CT molecular complexity index is 1040. The fraction of sp³-hybridized carbons (Fsp3) is 0.333. The summed E-state index contributed by atoms with van der Waals surface area (Å²) in [5.41, 5.74) is -0.0721. The van der Waals surface area contributed by atoms with Crippen molar-refractivity contribution in [1.29, 1.82) is 0 Å². The van der Waals surface area contributed by atoms with E-state index >= 15 is 0 Å². The molecular formula is C18H17Cl2N5O4. The summed E-state index contributed by atoms with van der Waals surface area (Å²) in [7, 11) is 0. The summed E-state index contributed by atoms with van der Waals surface area (Å²) in [4.78, 5) is 46.8. The minimum absolute atomic E-state index is 0.0869. The molecule has 2 aromatic rings. The van der Waals surface area contributed by atoms with E-state index in [1.807, 2.05) is 4.90 Å². The predicted octanol–water partition coefficient (Wildman–Crippen LogP) is 1.98. The Balaban J connectivity index is 1.66. The number of carbonyl (C=O) groups excluding carboxylic acids is 2. The normalized spacial score (nSPS) is 18.8. The van der Waals surface area contributed by atoms with E-state index in [2.05, 4.69) is 20.6 Å². The highest BCUT2D eigenvalue weighted by atomic mass is 35.5. The van der Waals surface area contributed by atoms with E-state index in [0.29, 0.717) is 37.9 Å². The summed E-state index contributed by atoms with van der Waals surface area (Å²) in [6, 6.07) is 4.80. The number of rotatable bonds is 3. The van der Waals surface area contributed by atoms with Crippen LogP contribution in [-0.4, -0.2) is 48.1 Å². The number of nitrogens with zero attached hydrogens (tertiary/aromatic N) is 2. The van der Waals surface area contributed by atoms with Crippen LogP contribution in [0.25, 0.3) is 0 Å². The van der Waals surface area contributed by atoms with Crippen molar-refractivity contribution in [2.75, 3.05) is 41.8 Å². The maximum Gasteiger partial charge on any atom is 0.258 e. The maximum atomic E-state index is 12.9. The second-order valence-electron chi connectivity index (χ2n) is 6.65. The fourth-order valence-corrected chi connectivity index (χ4v) is 3.68. The van der Waals surface area contributed by atoms with E-state index < -0.39 is 23.3 Å². The molecule has 4 rings (SSSR count). The van der Waals surface area contributed by atoms with Gasteiger partial charge in [0.05, 0.1) is 40.4 Å². The number of ether oxygens (including phenoxy) is 1. The minimum Gasteiger partial charge on any atom is -0.378 e. The number of benzene rings is 1.